The van der Waals surface area contributed by atoms with E-state index in [4.69, 9.17) is 5.73 Å². The molecule has 0 bridgehead atoms. The van der Waals surface area contributed by atoms with E-state index in [0.29, 0.717) is 6.54 Å². The molecule has 96 valence electrons. The summed E-state index contributed by atoms with van der Waals surface area (Å²) < 4.78 is 0. The summed E-state index contributed by atoms with van der Waals surface area (Å²) in [6, 6.07) is 8.57. The van der Waals surface area contributed by atoms with Gasteiger partial charge in [-0.05, 0) is 29.6 Å². The minimum atomic E-state index is 0.241. The van der Waals surface area contributed by atoms with Crippen molar-refractivity contribution in [1.82, 2.24) is 9.88 Å². The summed E-state index contributed by atoms with van der Waals surface area (Å²) in [7, 11) is 0. The van der Waals surface area contributed by atoms with E-state index in [0.717, 1.165) is 13.1 Å². The van der Waals surface area contributed by atoms with Crippen LogP contribution in [0.1, 0.15) is 23.4 Å². The lowest BCUT2D eigenvalue weighted by Crippen LogP contribution is -2.33. The van der Waals surface area contributed by atoms with E-state index in [-0.39, 0.29) is 6.04 Å². The molecule has 0 saturated heterocycles. The normalized spacial score (nSPS) is 12.8. The van der Waals surface area contributed by atoms with Crippen LogP contribution < -0.4 is 5.73 Å². The van der Waals surface area contributed by atoms with Crippen molar-refractivity contribution in [1.29, 1.82) is 0 Å². The predicted molar refractivity (Wildman–Crippen MR) is 76.4 cm³/mol. The Bertz CT molecular complexity index is 441. The zero-order chi connectivity index (χ0) is 12.8. The minimum Gasteiger partial charge on any atom is -0.329 e. The number of rotatable bonds is 6. The van der Waals surface area contributed by atoms with Gasteiger partial charge < -0.3 is 5.73 Å². The van der Waals surface area contributed by atoms with Gasteiger partial charge in [0.25, 0.3) is 0 Å². The van der Waals surface area contributed by atoms with Gasteiger partial charge in [-0.3, -0.25) is 9.88 Å². The molecule has 1 unspecified atom stereocenters. The Morgan fingerprint density at radius 2 is 2.28 bits per heavy atom. The highest BCUT2D eigenvalue weighted by Gasteiger charge is 2.18. The van der Waals surface area contributed by atoms with E-state index in [1.165, 1.54) is 10.4 Å². The Labute approximate surface area is 112 Å². The molecule has 0 amide bonds. The second-order valence-corrected chi connectivity index (χ2v) is 5.21. The zero-order valence-electron chi connectivity index (χ0n) is 10.6. The Morgan fingerprint density at radius 3 is 2.83 bits per heavy atom. The quantitative estimate of drug-likeness (QED) is 0.869. The Kier molecular flexibility index (Phi) is 4.87. The van der Waals surface area contributed by atoms with E-state index in [1.807, 2.05) is 12.3 Å². The average Bonchev–Trinajstić information content (AvgIpc) is 2.92. The van der Waals surface area contributed by atoms with Crippen LogP contribution in [0, 0.1) is 0 Å². The largest absolute Gasteiger partial charge is 0.329 e. The van der Waals surface area contributed by atoms with Gasteiger partial charge in [-0.2, -0.15) is 0 Å². The third-order valence-corrected chi connectivity index (χ3v) is 3.94. The number of pyridine rings is 1. The number of thiophene rings is 1. The number of nitrogens with two attached hydrogens (primary N) is 1. The van der Waals surface area contributed by atoms with Gasteiger partial charge in [-0.1, -0.05) is 19.1 Å². The maximum absolute atomic E-state index is 5.94. The van der Waals surface area contributed by atoms with Crippen molar-refractivity contribution < 1.29 is 0 Å². The van der Waals surface area contributed by atoms with E-state index in [9.17, 15) is 0 Å². The SMILES string of the molecule is CCN(Cc1cccs1)C(CN)c1cccnc1. The van der Waals surface area contributed by atoms with Crippen molar-refractivity contribution in [3.05, 3.63) is 52.5 Å². The lowest BCUT2D eigenvalue weighted by atomic mass is 10.1. The first-order chi connectivity index (χ1) is 8.85. The molecule has 0 radical (unpaired) electrons. The monoisotopic (exact) mass is 261 g/mol. The first-order valence-corrected chi connectivity index (χ1v) is 7.09. The van der Waals surface area contributed by atoms with Crippen LogP contribution >= 0.6 is 11.3 Å². The molecule has 3 nitrogen and oxygen atoms in total. The lowest BCUT2D eigenvalue weighted by molar-refractivity contribution is 0.205. The first kappa shape index (κ1) is 13.2. The molecule has 0 spiro atoms. The van der Waals surface area contributed by atoms with Gasteiger partial charge in [-0.15, -0.1) is 11.3 Å². The maximum atomic E-state index is 5.94. The standard InChI is InChI=1S/C14H19N3S/c1-2-17(11-13-6-4-8-18-13)14(9-15)12-5-3-7-16-10-12/h3-8,10,14H,2,9,11,15H2,1H3. The number of aromatic nitrogens is 1. The van der Waals surface area contributed by atoms with E-state index in [1.54, 1.807) is 17.5 Å². The summed E-state index contributed by atoms with van der Waals surface area (Å²) in [4.78, 5) is 7.95. The molecule has 0 aliphatic heterocycles. The summed E-state index contributed by atoms with van der Waals surface area (Å²) >= 11 is 1.79. The van der Waals surface area contributed by atoms with Crippen LogP contribution in [0.5, 0.6) is 0 Å². The molecular formula is C14H19N3S. The summed E-state index contributed by atoms with van der Waals surface area (Å²) in [6.07, 6.45) is 3.71. The molecule has 2 rings (SSSR count). The molecule has 4 heteroatoms. The fourth-order valence-electron chi connectivity index (χ4n) is 2.11. The summed E-state index contributed by atoms with van der Waals surface area (Å²) in [5.41, 5.74) is 7.14. The molecule has 0 aliphatic carbocycles. The van der Waals surface area contributed by atoms with Crippen LogP contribution in [0.4, 0.5) is 0 Å². The van der Waals surface area contributed by atoms with Gasteiger partial charge in [-0.25, -0.2) is 0 Å². The Morgan fingerprint density at radius 1 is 1.39 bits per heavy atom. The van der Waals surface area contributed by atoms with Crippen molar-refractivity contribution in [2.45, 2.75) is 19.5 Å². The second-order valence-electron chi connectivity index (χ2n) is 4.18. The van der Waals surface area contributed by atoms with Crippen LogP contribution in [0.25, 0.3) is 0 Å². The van der Waals surface area contributed by atoms with Crippen LogP contribution in [0.3, 0.4) is 0 Å². The molecule has 0 aliphatic rings. The fourth-order valence-corrected chi connectivity index (χ4v) is 2.84. The highest BCUT2D eigenvalue weighted by Crippen LogP contribution is 2.22. The molecule has 0 fully saturated rings. The van der Waals surface area contributed by atoms with E-state index < -0.39 is 0 Å². The van der Waals surface area contributed by atoms with Gasteiger partial charge in [0.2, 0.25) is 0 Å². The number of likely N-dealkylation sites (N-methyl/N-ethyl adjacent to an activating group) is 1. The molecule has 18 heavy (non-hydrogen) atoms. The van der Waals surface area contributed by atoms with Crippen LogP contribution in [-0.2, 0) is 6.54 Å². The summed E-state index contributed by atoms with van der Waals surface area (Å²) in [5, 5.41) is 2.12. The number of hydrogen-bond acceptors (Lipinski definition) is 4. The van der Waals surface area contributed by atoms with Crippen molar-refractivity contribution in [2.75, 3.05) is 13.1 Å². The average molecular weight is 261 g/mol. The van der Waals surface area contributed by atoms with Gasteiger partial charge in [0.1, 0.15) is 0 Å². The predicted octanol–water partition coefficient (Wildman–Crippen LogP) is 2.67. The summed E-state index contributed by atoms with van der Waals surface area (Å²) in [5.74, 6) is 0. The highest BCUT2D eigenvalue weighted by atomic mass is 32.1. The van der Waals surface area contributed by atoms with Crippen molar-refractivity contribution in [2.24, 2.45) is 5.73 Å². The summed E-state index contributed by atoms with van der Waals surface area (Å²) in [6.45, 7) is 4.72. The Balaban J connectivity index is 2.14. The van der Waals surface area contributed by atoms with Gasteiger partial charge in [0.15, 0.2) is 0 Å². The first-order valence-electron chi connectivity index (χ1n) is 6.21. The topological polar surface area (TPSA) is 42.1 Å². The third kappa shape index (κ3) is 3.16. The molecule has 2 heterocycles. The zero-order valence-corrected chi connectivity index (χ0v) is 11.4. The van der Waals surface area contributed by atoms with Crippen LogP contribution in [-0.4, -0.2) is 23.0 Å². The van der Waals surface area contributed by atoms with Gasteiger partial charge in [0.05, 0.1) is 0 Å². The highest BCUT2D eigenvalue weighted by molar-refractivity contribution is 7.09. The van der Waals surface area contributed by atoms with Crippen molar-refractivity contribution in [3.63, 3.8) is 0 Å². The van der Waals surface area contributed by atoms with E-state index >= 15 is 0 Å². The smallest absolute Gasteiger partial charge is 0.0489 e. The number of hydrogen-bond donors (Lipinski definition) is 1. The van der Waals surface area contributed by atoms with Crippen molar-refractivity contribution >= 4 is 11.3 Å². The molecule has 0 saturated carbocycles. The number of nitrogens with zero attached hydrogens (tertiary/aromatic N) is 2. The lowest BCUT2D eigenvalue weighted by Gasteiger charge is -2.29. The van der Waals surface area contributed by atoms with Crippen molar-refractivity contribution in [3.8, 4) is 0 Å². The minimum absolute atomic E-state index is 0.241. The van der Waals surface area contributed by atoms with Crippen LogP contribution in [0.15, 0.2) is 42.0 Å². The van der Waals surface area contributed by atoms with E-state index in [2.05, 4.69) is 40.4 Å². The Hall–Kier alpha value is -1.23. The second kappa shape index (κ2) is 6.64. The van der Waals surface area contributed by atoms with Crippen LogP contribution in [0.2, 0.25) is 0 Å². The molecule has 1 atom stereocenters. The molecule has 2 N–H and O–H groups in total. The van der Waals surface area contributed by atoms with Gasteiger partial charge >= 0.3 is 0 Å². The fraction of sp³-hybridized carbons (Fsp3) is 0.357. The maximum Gasteiger partial charge on any atom is 0.0489 e. The molecular weight excluding hydrogens is 242 g/mol. The van der Waals surface area contributed by atoms with Gasteiger partial charge in [0, 0.05) is 36.4 Å². The molecule has 2 aromatic rings. The third-order valence-electron chi connectivity index (χ3n) is 3.08. The molecule has 2 aromatic heterocycles. The molecule has 0 aromatic carbocycles.